The highest BCUT2D eigenvalue weighted by molar-refractivity contribution is 6.55. The fourth-order valence-electron chi connectivity index (χ4n) is 2.91. The average molecular weight is 315 g/mol. The summed E-state index contributed by atoms with van der Waals surface area (Å²) in [6.45, 7) is 9.83. The Hall–Kier alpha value is -1.30. The molecule has 1 fully saturated rings. The molecule has 0 aliphatic carbocycles. The summed E-state index contributed by atoms with van der Waals surface area (Å²) >= 11 is 0. The smallest absolute Gasteiger partial charge is 0.491 e. The van der Waals surface area contributed by atoms with E-state index in [1.165, 1.54) is 5.56 Å². The van der Waals surface area contributed by atoms with Crippen molar-refractivity contribution in [3.05, 3.63) is 34.8 Å². The summed E-state index contributed by atoms with van der Waals surface area (Å²) in [6, 6.07) is 6.34. The first kappa shape index (κ1) is 16.6. The summed E-state index contributed by atoms with van der Waals surface area (Å²) < 4.78 is 18.0. The van der Waals surface area contributed by atoms with Crippen LogP contribution in [0.4, 0.5) is 0 Å². The number of rotatable bonds is 4. The number of hydrogen-bond donors (Lipinski definition) is 1. The molecule has 2 aliphatic rings. The molecule has 3 rings (SSSR count). The summed E-state index contributed by atoms with van der Waals surface area (Å²) in [4.78, 5) is 0. The lowest BCUT2D eigenvalue weighted by Gasteiger charge is -2.32. The van der Waals surface area contributed by atoms with Crippen molar-refractivity contribution < 1.29 is 14.0 Å². The minimum absolute atomic E-state index is 0.322. The second kappa shape index (κ2) is 5.97. The monoisotopic (exact) mass is 315 g/mol. The van der Waals surface area contributed by atoms with Crippen LogP contribution in [0, 0.1) is 0 Å². The molecule has 23 heavy (non-hydrogen) atoms. The molecule has 0 saturated carbocycles. The topological polar surface area (TPSA) is 39.7 Å². The SMILES string of the molecule is CNCC(=Cc1ccc2c(c1)CCO2)B1OC(C)(C)C(C)(C)O1. The first-order valence-electron chi connectivity index (χ1n) is 8.29. The van der Waals surface area contributed by atoms with Gasteiger partial charge in [-0.05, 0) is 63.5 Å². The highest BCUT2D eigenvalue weighted by atomic mass is 16.7. The molecule has 0 bridgehead atoms. The maximum absolute atomic E-state index is 6.19. The van der Waals surface area contributed by atoms with E-state index in [1.54, 1.807) is 0 Å². The lowest BCUT2D eigenvalue weighted by Crippen LogP contribution is -2.41. The molecule has 0 radical (unpaired) electrons. The van der Waals surface area contributed by atoms with Gasteiger partial charge in [0.2, 0.25) is 0 Å². The van der Waals surface area contributed by atoms with Crippen LogP contribution in [-0.2, 0) is 15.7 Å². The Morgan fingerprint density at radius 1 is 1.22 bits per heavy atom. The highest BCUT2D eigenvalue weighted by Gasteiger charge is 2.52. The van der Waals surface area contributed by atoms with Crippen LogP contribution < -0.4 is 10.1 Å². The van der Waals surface area contributed by atoms with Gasteiger partial charge < -0.3 is 19.4 Å². The number of benzene rings is 1. The molecule has 5 heteroatoms. The van der Waals surface area contributed by atoms with Crippen LogP contribution in [0.15, 0.2) is 23.7 Å². The number of hydrogen-bond acceptors (Lipinski definition) is 4. The van der Waals surface area contributed by atoms with Crippen molar-refractivity contribution in [2.75, 3.05) is 20.2 Å². The standard InChI is InChI=1S/C18H26BNO3/c1-17(2)18(3,4)23-19(22-17)15(12-20-5)11-13-6-7-16-14(10-13)8-9-21-16/h6-7,10-11,20H,8-9,12H2,1-5H3. The molecule has 4 nitrogen and oxygen atoms in total. The van der Waals surface area contributed by atoms with Gasteiger partial charge in [-0.1, -0.05) is 12.1 Å². The Kier molecular flexibility index (Phi) is 4.30. The first-order valence-corrected chi connectivity index (χ1v) is 8.29. The molecule has 1 saturated heterocycles. The average Bonchev–Trinajstić information content (AvgIpc) is 3.00. The minimum atomic E-state index is -0.323. The minimum Gasteiger partial charge on any atom is -0.493 e. The molecule has 0 amide bonds. The maximum atomic E-state index is 6.19. The molecule has 2 aliphatic heterocycles. The number of fused-ring (bicyclic) bond motifs is 1. The second-order valence-corrected chi connectivity index (χ2v) is 7.30. The number of likely N-dealkylation sites (N-methyl/N-ethyl adjacent to an activating group) is 1. The quantitative estimate of drug-likeness (QED) is 0.867. The van der Waals surface area contributed by atoms with Crippen molar-refractivity contribution in [3.63, 3.8) is 0 Å². The zero-order valence-electron chi connectivity index (χ0n) is 14.7. The lowest BCUT2D eigenvalue weighted by molar-refractivity contribution is 0.00578. The van der Waals surface area contributed by atoms with Crippen LogP contribution >= 0.6 is 0 Å². The van der Waals surface area contributed by atoms with Gasteiger partial charge in [0.25, 0.3) is 0 Å². The molecule has 0 spiro atoms. The third-order valence-electron chi connectivity index (χ3n) is 5.00. The van der Waals surface area contributed by atoms with Crippen LogP contribution in [0.2, 0.25) is 0 Å². The van der Waals surface area contributed by atoms with Crippen LogP contribution in [0.1, 0.15) is 38.8 Å². The Bertz CT molecular complexity index is 609. The van der Waals surface area contributed by atoms with E-state index in [9.17, 15) is 0 Å². The second-order valence-electron chi connectivity index (χ2n) is 7.30. The van der Waals surface area contributed by atoms with Crippen molar-refractivity contribution in [2.24, 2.45) is 0 Å². The molecule has 124 valence electrons. The van der Waals surface area contributed by atoms with E-state index in [0.717, 1.165) is 36.4 Å². The summed E-state index contributed by atoms with van der Waals surface area (Å²) in [5.74, 6) is 1.01. The highest BCUT2D eigenvalue weighted by Crippen LogP contribution is 2.39. The predicted molar refractivity (Wildman–Crippen MR) is 93.6 cm³/mol. The Balaban J connectivity index is 1.87. The van der Waals surface area contributed by atoms with Crippen molar-refractivity contribution in [1.82, 2.24) is 5.32 Å². The third-order valence-corrected chi connectivity index (χ3v) is 5.00. The summed E-state index contributed by atoms with van der Waals surface area (Å²) in [5, 5.41) is 3.22. The van der Waals surface area contributed by atoms with Crippen LogP contribution in [0.25, 0.3) is 6.08 Å². The normalized spacial score (nSPS) is 22.1. The molecule has 0 atom stereocenters. The van der Waals surface area contributed by atoms with Crippen LogP contribution in [0.5, 0.6) is 5.75 Å². The summed E-state index contributed by atoms with van der Waals surface area (Å²) in [6.07, 6.45) is 3.14. The van der Waals surface area contributed by atoms with Gasteiger partial charge in [-0.2, -0.15) is 0 Å². The van der Waals surface area contributed by atoms with Crippen LogP contribution in [-0.4, -0.2) is 38.5 Å². The summed E-state index contributed by atoms with van der Waals surface area (Å²) in [5.41, 5.74) is 2.89. The Labute approximate surface area is 139 Å². The fourth-order valence-corrected chi connectivity index (χ4v) is 2.91. The van der Waals surface area contributed by atoms with E-state index >= 15 is 0 Å². The molecule has 1 aromatic rings. The Morgan fingerprint density at radius 3 is 2.57 bits per heavy atom. The van der Waals surface area contributed by atoms with Gasteiger partial charge in [-0.3, -0.25) is 0 Å². The maximum Gasteiger partial charge on any atom is 0.491 e. The summed E-state index contributed by atoms with van der Waals surface area (Å²) in [7, 11) is 1.62. The molecule has 0 aromatic heterocycles. The molecular formula is C18H26BNO3. The Morgan fingerprint density at radius 2 is 1.91 bits per heavy atom. The molecular weight excluding hydrogens is 289 g/mol. The molecule has 0 unspecified atom stereocenters. The van der Waals surface area contributed by atoms with Crippen molar-refractivity contribution in [2.45, 2.75) is 45.3 Å². The van der Waals surface area contributed by atoms with Gasteiger partial charge in [0.15, 0.2) is 0 Å². The van der Waals surface area contributed by atoms with Crippen LogP contribution in [0.3, 0.4) is 0 Å². The number of ether oxygens (including phenoxy) is 1. The van der Waals surface area contributed by atoms with Crippen molar-refractivity contribution in [1.29, 1.82) is 0 Å². The van der Waals surface area contributed by atoms with E-state index in [4.69, 9.17) is 14.0 Å². The first-order chi connectivity index (χ1) is 10.8. The van der Waals surface area contributed by atoms with Gasteiger partial charge in [-0.15, -0.1) is 0 Å². The van der Waals surface area contributed by atoms with Gasteiger partial charge in [-0.25, -0.2) is 0 Å². The van der Waals surface area contributed by atoms with E-state index in [0.29, 0.717) is 0 Å². The van der Waals surface area contributed by atoms with E-state index < -0.39 is 0 Å². The molecule has 1 aromatic carbocycles. The fraction of sp³-hybridized carbons (Fsp3) is 0.556. The zero-order chi connectivity index (χ0) is 16.7. The van der Waals surface area contributed by atoms with Crippen molar-refractivity contribution >= 4 is 13.2 Å². The van der Waals surface area contributed by atoms with E-state index in [-0.39, 0.29) is 18.3 Å². The molecule has 2 heterocycles. The molecule has 1 N–H and O–H groups in total. The third kappa shape index (κ3) is 3.18. The van der Waals surface area contributed by atoms with Crippen molar-refractivity contribution in [3.8, 4) is 5.75 Å². The predicted octanol–water partition coefficient (Wildman–Crippen LogP) is 2.86. The van der Waals surface area contributed by atoms with Gasteiger partial charge in [0.1, 0.15) is 5.75 Å². The van der Waals surface area contributed by atoms with Gasteiger partial charge in [0.05, 0.1) is 17.8 Å². The van der Waals surface area contributed by atoms with E-state index in [1.807, 2.05) is 7.05 Å². The lowest BCUT2D eigenvalue weighted by atomic mass is 9.77. The number of nitrogens with one attached hydrogen (secondary N) is 1. The van der Waals surface area contributed by atoms with Gasteiger partial charge in [0, 0.05) is 13.0 Å². The zero-order valence-corrected chi connectivity index (χ0v) is 14.7. The largest absolute Gasteiger partial charge is 0.493 e. The van der Waals surface area contributed by atoms with Gasteiger partial charge >= 0.3 is 7.12 Å². The van der Waals surface area contributed by atoms with E-state index in [2.05, 4.69) is 57.3 Å².